The van der Waals surface area contributed by atoms with Crippen LogP contribution in [0.15, 0.2) is 0 Å². The van der Waals surface area contributed by atoms with Crippen LogP contribution >= 0.6 is 0 Å². The van der Waals surface area contributed by atoms with Gasteiger partial charge >= 0.3 is 0 Å². The maximum Gasteiger partial charge on any atom is 0.0701 e. The lowest BCUT2D eigenvalue weighted by molar-refractivity contribution is 0.0246. The average molecular weight is 316 g/mol. The summed E-state index contributed by atoms with van der Waals surface area (Å²) in [6.07, 6.45) is 1.20. The van der Waals surface area contributed by atoms with Gasteiger partial charge in [0.25, 0.3) is 0 Å². The highest BCUT2D eigenvalue weighted by Gasteiger charge is 2.26. The number of nitrogens with zero attached hydrogens (tertiary/aromatic N) is 1. The van der Waals surface area contributed by atoms with Gasteiger partial charge in [0.1, 0.15) is 0 Å². The first-order valence-corrected chi connectivity index (χ1v) is 8.96. The Kier molecular flexibility index (Phi) is 11.1. The Morgan fingerprint density at radius 1 is 1.05 bits per heavy atom. The molecule has 0 bridgehead atoms. The van der Waals surface area contributed by atoms with E-state index in [1.807, 2.05) is 0 Å². The molecule has 0 aromatic heterocycles. The minimum Gasteiger partial charge on any atom is -0.378 e. The lowest BCUT2D eigenvalue weighted by Crippen LogP contribution is -2.60. The van der Waals surface area contributed by atoms with Crippen LogP contribution in [0.3, 0.4) is 0 Å². The molecule has 1 heterocycles. The van der Waals surface area contributed by atoms with Crippen LogP contribution in [-0.2, 0) is 9.47 Å². The van der Waals surface area contributed by atoms with Gasteiger partial charge < -0.3 is 20.1 Å². The van der Waals surface area contributed by atoms with E-state index in [-0.39, 0.29) is 0 Å². The van der Waals surface area contributed by atoms with Crippen LogP contribution in [0.25, 0.3) is 0 Å². The Balaban J connectivity index is 1.76. The van der Waals surface area contributed by atoms with Crippen molar-refractivity contribution in [2.45, 2.75) is 46.2 Å². The zero-order chi connectivity index (χ0) is 16.2. The SMILES string of the molecule is CCC(C)NC1CN(CCOCCOCCNCC(C)C)C1. The second-order valence-electron chi connectivity index (χ2n) is 6.76. The first kappa shape index (κ1) is 19.8. The Hall–Kier alpha value is -0.200. The smallest absolute Gasteiger partial charge is 0.0701 e. The third-order valence-corrected chi connectivity index (χ3v) is 3.99. The molecule has 5 nitrogen and oxygen atoms in total. The maximum atomic E-state index is 5.61. The van der Waals surface area contributed by atoms with Crippen molar-refractivity contribution >= 4 is 0 Å². The van der Waals surface area contributed by atoms with Gasteiger partial charge in [-0.3, -0.25) is 4.90 Å². The van der Waals surface area contributed by atoms with Gasteiger partial charge in [-0.15, -0.1) is 0 Å². The molecular weight excluding hydrogens is 278 g/mol. The lowest BCUT2D eigenvalue weighted by atomic mass is 10.1. The van der Waals surface area contributed by atoms with Crippen molar-refractivity contribution in [2.24, 2.45) is 5.92 Å². The molecule has 5 heteroatoms. The van der Waals surface area contributed by atoms with Crippen LogP contribution in [-0.4, -0.2) is 76.1 Å². The summed E-state index contributed by atoms with van der Waals surface area (Å²) in [4.78, 5) is 2.44. The molecule has 22 heavy (non-hydrogen) atoms. The van der Waals surface area contributed by atoms with E-state index in [0.717, 1.165) is 45.9 Å². The molecule has 1 aliphatic rings. The van der Waals surface area contributed by atoms with E-state index in [2.05, 4.69) is 43.2 Å². The molecule has 1 rings (SSSR count). The van der Waals surface area contributed by atoms with Gasteiger partial charge in [-0.25, -0.2) is 0 Å². The number of rotatable bonds is 14. The van der Waals surface area contributed by atoms with Gasteiger partial charge in [0.2, 0.25) is 0 Å². The Labute approximate surface area is 137 Å². The fourth-order valence-electron chi connectivity index (χ4n) is 2.43. The van der Waals surface area contributed by atoms with Crippen LogP contribution in [0.2, 0.25) is 0 Å². The first-order chi connectivity index (χ1) is 10.6. The van der Waals surface area contributed by atoms with Crippen LogP contribution in [0.5, 0.6) is 0 Å². The van der Waals surface area contributed by atoms with Crippen LogP contribution < -0.4 is 10.6 Å². The third kappa shape index (κ3) is 9.74. The van der Waals surface area contributed by atoms with Crippen molar-refractivity contribution < 1.29 is 9.47 Å². The molecule has 132 valence electrons. The summed E-state index contributed by atoms with van der Waals surface area (Å²) >= 11 is 0. The molecule has 1 unspecified atom stereocenters. The zero-order valence-corrected chi connectivity index (χ0v) is 15.1. The molecule has 2 N–H and O–H groups in total. The van der Waals surface area contributed by atoms with E-state index in [9.17, 15) is 0 Å². The van der Waals surface area contributed by atoms with E-state index in [4.69, 9.17) is 9.47 Å². The van der Waals surface area contributed by atoms with E-state index < -0.39 is 0 Å². The Bertz CT molecular complexity index is 258. The minimum absolute atomic E-state index is 0.635. The van der Waals surface area contributed by atoms with Crippen LogP contribution in [0, 0.1) is 5.92 Å². The monoisotopic (exact) mass is 315 g/mol. The fourth-order valence-corrected chi connectivity index (χ4v) is 2.43. The van der Waals surface area contributed by atoms with Gasteiger partial charge in [0.15, 0.2) is 0 Å². The maximum absolute atomic E-state index is 5.61. The predicted octanol–water partition coefficient (Wildman–Crippen LogP) is 1.34. The van der Waals surface area contributed by atoms with E-state index >= 15 is 0 Å². The summed E-state index contributed by atoms with van der Waals surface area (Å²) in [7, 11) is 0. The second kappa shape index (κ2) is 12.3. The molecule has 1 saturated heterocycles. The molecule has 0 aliphatic carbocycles. The number of hydrogen-bond donors (Lipinski definition) is 2. The highest BCUT2D eigenvalue weighted by Crippen LogP contribution is 2.08. The molecule has 0 amide bonds. The highest BCUT2D eigenvalue weighted by atomic mass is 16.5. The summed E-state index contributed by atoms with van der Waals surface area (Å²) in [6, 6.07) is 1.31. The largest absolute Gasteiger partial charge is 0.378 e. The molecule has 0 saturated carbocycles. The summed E-state index contributed by atoms with van der Waals surface area (Å²) < 4.78 is 11.1. The van der Waals surface area contributed by atoms with Gasteiger partial charge in [0.05, 0.1) is 26.4 Å². The molecule has 0 aromatic rings. The topological polar surface area (TPSA) is 45.8 Å². The number of nitrogens with one attached hydrogen (secondary N) is 2. The van der Waals surface area contributed by atoms with Crippen molar-refractivity contribution in [3.63, 3.8) is 0 Å². The Morgan fingerprint density at radius 3 is 2.36 bits per heavy atom. The molecule has 1 fully saturated rings. The zero-order valence-electron chi connectivity index (χ0n) is 15.1. The van der Waals surface area contributed by atoms with Crippen molar-refractivity contribution in [1.29, 1.82) is 0 Å². The number of likely N-dealkylation sites (tertiary alicyclic amines) is 1. The molecule has 1 aliphatic heterocycles. The summed E-state index contributed by atoms with van der Waals surface area (Å²) in [5, 5.41) is 6.99. The second-order valence-corrected chi connectivity index (χ2v) is 6.76. The molecule has 0 aromatic carbocycles. The predicted molar refractivity (Wildman–Crippen MR) is 92.5 cm³/mol. The third-order valence-electron chi connectivity index (χ3n) is 3.99. The summed E-state index contributed by atoms with van der Waals surface area (Å²) in [5.41, 5.74) is 0. The van der Waals surface area contributed by atoms with Crippen LogP contribution in [0.1, 0.15) is 34.1 Å². The van der Waals surface area contributed by atoms with Crippen molar-refractivity contribution in [3.05, 3.63) is 0 Å². The quantitative estimate of drug-likeness (QED) is 0.474. The summed E-state index contributed by atoms with van der Waals surface area (Å²) in [5.74, 6) is 0.699. The first-order valence-electron chi connectivity index (χ1n) is 8.96. The van der Waals surface area contributed by atoms with E-state index in [0.29, 0.717) is 31.2 Å². The van der Waals surface area contributed by atoms with E-state index in [1.165, 1.54) is 6.42 Å². The highest BCUT2D eigenvalue weighted by molar-refractivity contribution is 4.86. The van der Waals surface area contributed by atoms with Crippen molar-refractivity contribution in [3.8, 4) is 0 Å². The Morgan fingerprint density at radius 2 is 1.73 bits per heavy atom. The van der Waals surface area contributed by atoms with Gasteiger partial charge in [-0.1, -0.05) is 20.8 Å². The van der Waals surface area contributed by atoms with Gasteiger partial charge in [-0.2, -0.15) is 0 Å². The molecular formula is C17H37N3O2. The fraction of sp³-hybridized carbons (Fsp3) is 1.00. The lowest BCUT2D eigenvalue weighted by Gasteiger charge is -2.41. The molecule has 1 atom stereocenters. The van der Waals surface area contributed by atoms with E-state index in [1.54, 1.807) is 0 Å². The minimum atomic E-state index is 0.635. The number of ether oxygens (including phenoxy) is 2. The summed E-state index contributed by atoms with van der Waals surface area (Å²) in [6.45, 7) is 17.2. The van der Waals surface area contributed by atoms with Gasteiger partial charge in [-0.05, 0) is 25.8 Å². The van der Waals surface area contributed by atoms with Crippen LogP contribution in [0.4, 0.5) is 0 Å². The standard InChI is InChI=1S/C17H37N3O2/c1-5-16(4)19-17-13-20(14-17)7-9-22-11-10-21-8-6-18-12-15(2)3/h15-19H,5-14H2,1-4H3. The average Bonchev–Trinajstić information content (AvgIpc) is 2.45. The van der Waals surface area contributed by atoms with Crippen molar-refractivity contribution in [2.75, 3.05) is 59.2 Å². The normalized spacial score (nSPS) is 17.9. The molecule has 0 spiro atoms. The van der Waals surface area contributed by atoms with Gasteiger partial charge in [0, 0.05) is 38.3 Å². The van der Waals surface area contributed by atoms with Crippen molar-refractivity contribution in [1.82, 2.24) is 15.5 Å². The number of hydrogen-bond acceptors (Lipinski definition) is 5. The molecule has 0 radical (unpaired) electrons.